The number of aliphatic carboxylic acids is 2. The van der Waals surface area contributed by atoms with E-state index in [0.717, 1.165) is 0 Å². The molecule has 1 aromatic carbocycles. The van der Waals surface area contributed by atoms with Gasteiger partial charge in [-0.15, -0.1) is 0 Å². The van der Waals surface area contributed by atoms with E-state index in [0.29, 0.717) is 11.3 Å². The summed E-state index contributed by atoms with van der Waals surface area (Å²) in [5.41, 5.74) is 11.3. The van der Waals surface area contributed by atoms with Gasteiger partial charge in [0.15, 0.2) is 0 Å². The van der Waals surface area contributed by atoms with Crippen LogP contribution in [0.4, 0.5) is 0 Å². The number of nitrogens with one attached hydrogen (secondary N) is 3. The minimum absolute atomic E-state index is 0.0510. The standard InChI is InChI=1S/C22H31N5O9S/c1-37-7-6-14(22(35)36)25-21(34)16(10-17(24)29)27-20(33)15(8-11-2-4-12(28)5-3-11)26-19(32)13(23)9-18(30)31/h2-5,13-16,28H,6-10,23H2,1H3,(H2,24,29)(H,25,34)(H,26,32)(H,27,33)(H,30,31)(H,35,36). The van der Waals surface area contributed by atoms with Gasteiger partial charge in [0.1, 0.15) is 23.9 Å². The lowest BCUT2D eigenvalue weighted by Gasteiger charge is -2.24. The maximum Gasteiger partial charge on any atom is 0.326 e. The van der Waals surface area contributed by atoms with E-state index in [4.69, 9.17) is 16.6 Å². The van der Waals surface area contributed by atoms with Crippen LogP contribution in [0.2, 0.25) is 0 Å². The van der Waals surface area contributed by atoms with Crippen molar-refractivity contribution in [3.8, 4) is 5.75 Å². The van der Waals surface area contributed by atoms with E-state index in [2.05, 4.69) is 16.0 Å². The highest BCUT2D eigenvalue weighted by atomic mass is 32.2. The lowest BCUT2D eigenvalue weighted by atomic mass is 10.0. The number of carbonyl (C=O) groups is 6. The van der Waals surface area contributed by atoms with Crippen molar-refractivity contribution in [2.75, 3.05) is 12.0 Å². The third-order valence-electron chi connectivity index (χ3n) is 5.00. The van der Waals surface area contributed by atoms with Crippen LogP contribution >= 0.6 is 11.8 Å². The first-order valence-electron chi connectivity index (χ1n) is 11.0. The predicted molar refractivity (Wildman–Crippen MR) is 132 cm³/mol. The molecule has 0 heterocycles. The first-order chi connectivity index (χ1) is 17.3. The summed E-state index contributed by atoms with van der Waals surface area (Å²) in [6.07, 6.45) is 0.305. The van der Waals surface area contributed by atoms with Gasteiger partial charge in [-0.2, -0.15) is 11.8 Å². The molecule has 0 saturated carbocycles. The van der Waals surface area contributed by atoms with Gasteiger partial charge < -0.3 is 42.7 Å². The molecule has 10 N–H and O–H groups in total. The molecule has 0 aliphatic rings. The Morgan fingerprint density at radius 3 is 1.92 bits per heavy atom. The molecule has 0 radical (unpaired) electrons. The Morgan fingerprint density at radius 2 is 1.41 bits per heavy atom. The summed E-state index contributed by atoms with van der Waals surface area (Å²) in [6.45, 7) is 0. The summed E-state index contributed by atoms with van der Waals surface area (Å²) in [5.74, 6) is -6.11. The average Bonchev–Trinajstić information content (AvgIpc) is 2.80. The molecule has 0 aromatic heterocycles. The quantitative estimate of drug-likeness (QED) is 0.112. The molecule has 1 aromatic rings. The third kappa shape index (κ3) is 11.6. The molecule has 4 unspecified atom stereocenters. The van der Waals surface area contributed by atoms with Crippen LogP contribution in [-0.4, -0.2) is 87.1 Å². The third-order valence-corrected chi connectivity index (χ3v) is 5.65. The van der Waals surface area contributed by atoms with E-state index in [-0.39, 0.29) is 18.6 Å². The maximum atomic E-state index is 13.1. The van der Waals surface area contributed by atoms with Crippen LogP contribution in [-0.2, 0) is 35.2 Å². The molecule has 4 atom stereocenters. The summed E-state index contributed by atoms with van der Waals surface area (Å²) in [7, 11) is 0. The molecule has 0 aliphatic heterocycles. The zero-order valence-electron chi connectivity index (χ0n) is 20.0. The molecule has 37 heavy (non-hydrogen) atoms. The average molecular weight is 542 g/mol. The van der Waals surface area contributed by atoms with Crippen LogP contribution in [0.15, 0.2) is 24.3 Å². The molecule has 0 spiro atoms. The fourth-order valence-corrected chi connectivity index (χ4v) is 3.56. The van der Waals surface area contributed by atoms with Crippen molar-refractivity contribution in [2.45, 2.75) is 49.9 Å². The summed E-state index contributed by atoms with van der Waals surface area (Å²) in [4.78, 5) is 72.2. The molecule has 15 heteroatoms. The monoisotopic (exact) mass is 541 g/mol. The van der Waals surface area contributed by atoms with Gasteiger partial charge in [-0.05, 0) is 36.1 Å². The van der Waals surface area contributed by atoms with Crippen LogP contribution in [0, 0.1) is 0 Å². The summed E-state index contributed by atoms with van der Waals surface area (Å²) in [5, 5.41) is 34.6. The van der Waals surface area contributed by atoms with Crippen molar-refractivity contribution in [2.24, 2.45) is 11.5 Å². The highest BCUT2D eigenvalue weighted by Crippen LogP contribution is 2.12. The zero-order chi connectivity index (χ0) is 28.1. The second kappa shape index (κ2) is 15.3. The predicted octanol–water partition coefficient (Wildman–Crippen LogP) is -2.10. The number of aromatic hydroxyl groups is 1. The molecular weight excluding hydrogens is 510 g/mol. The molecule has 4 amide bonds. The van der Waals surface area contributed by atoms with Crippen molar-refractivity contribution < 1.29 is 44.1 Å². The van der Waals surface area contributed by atoms with Crippen molar-refractivity contribution >= 4 is 47.3 Å². The number of primary amides is 1. The lowest BCUT2D eigenvalue weighted by molar-refractivity contribution is -0.142. The fourth-order valence-electron chi connectivity index (χ4n) is 3.08. The molecule has 0 saturated heterocycles. The number of carbonyl (C=O) groups excluding carboxylic acids is 4. The number of carboxylic acid groups (broad SMARTS) is 2. The number of hydrogen-bond donors (Lipinski definition) is 8. The van der Waals surface area contributed by atoms with Crippen LogP contribution < -0.4 is 27.4 Å². The number of benzene rings is 1. The van der Waals surface area contributed by atoms with Crippen LogP contribution in [0.1, 0.15) is 24.8 Å². The van der Waals surface area contributed by atoms with Crippen LogP contribution in [0.5, 0.6) is 5.75 Å². The molecule has 0 fully saturated rings. The topological polar surface area (TPSA) is 251 Å². The van der Waals surface area contributed by atoms with E-state index in [1.807, 2.05) is 0 Å². The van der Waals surface area contributed by atoms with Gasteiger partial charge in [-0.3, -0.25) is 24.0 Å². The zero-order valence-corrected chi connectivity index (χ0v) is 20.8. The molecule has 0 bridgehead atoms. The van der Waals surface area contributed by atoms with Crippen molar-refractivity contribution in [3.05, 3.63) is 29.8 Å². The van der Waals surface area contributed by atoms with Crippen molar-refractivity contribution in [1.29, 1.82) is 0 Å². The second-order valence-electron chi connectivity index (χ2n) is 8.05. The highest BCUT2D eigenvalue weighted by Gasteiger charge is 2.31. The maximum absolute atomic E-state index is 13.1. The minimum atomic E-state index is -1.56. The Kier molecular flexibility index (Phi) is 12.9. The van der Waals surface area contributed by atoms with Gasteiger partial charge in [0.25, 0.3) is 0 Å². The van der Waals surface area contributed by atoms with E-state index in [1.165, 1.54) is 36.0 Å². The Labute approximate surface area is 216 Å². The number of phenolic OH excluding ortho intramolecular Hbond substituents is 1. The molecule has 14 nitrogen and oxygen atoms in total. The van der Waals surface area contributed by atoms with Gasteiger partial charge >= 0.3 is 11.9 Å². The van der Waals surface area contributed by atoms with Gasteiger partial charge in [-0.25, -0.2) is 4.79 Å². The smallest absolute Gasteiger partial charge is 0.326 e. The van der Waals surface area contributed by atoms with E-state index >= 15 is 0 Å². The number of nitrogens with two attached hydrogens (primary N) is 2. The van der Waals surface area contributed by atoms with E-state index in [9.17, 15) is 39.0 Å². The number of amides is 4. The number of carboxylic acids is 2. The summed E-state index contributed by atoms with van der Waals surface area (Å²) < 4.78 is 0. The fraction of sp³-hybridized carbons (Fsp3) is 0.455. The van der Waals surface area contributed by atoms with Crippen LogP contribution in [0.25, 0.3) is 0 Å². The van der Waals surface area contributed by atoms with Gasteiger partial charge in [0, 0.05) is 6.42 Å². The minimum Gasteiger partial charge on any atom is -0.508 e. The van der Waals surface area contributed by atoms with Gasteiger partial charge in [0.05, 0.1) is 18.9 Å². The molecule has 204 valence electrons. The van der Waals surface area contributed by atoms with E-state index < -0.39 is 72.6 Å². The van der Waals surface area contributed by atoms with Crippen molar-refractivity contribution in [1.82, 2.24) is 16.0 Å². The summed E-state index contributed by atoms with van der Waals surface area (Å²) in [6, 6.07) is -0.0945. The number of phenols is 1. The Bertz CT molecular complexity index is 989. The normalized spacial score (nSPS) is 13.9. The second-order valence-corrected chi connectivity index (χ2v) is 9.03. The largest absolute Gasteiger partial charge is 0.508 e. The SMILES string of the molecule is CSCCC(NC(=O)C(CC(N)=O)NC(=O)C(Cc1ccc(O)cc1)NC(=O)C(N)CC(=O)O)C(=O)O. The van der Waals surface area contributed by atoms with Gasteiger partial charge in [-0.1, -0.05) is 12.1 Å². The first-order valence-corrected chi connectivity index (χ1v) is 12.4. The molecule has 1 rings (SSSR count). The van der Waals surface area contributed by atoms with Crippen molar-refractivity contribution in [3.63, 3.8) is 0 Å². The Morgan fingerprint density at radius 1 is 0.865 bits per heavy atom. The Balaban J connectivity index is 3.13. The van der Waals surface area contributed by atoms with E-state index in [1.54, 1.807) is 6.26 Å². The highest BCUT2D eigenvalue weighted by molar-refractivity contribution is 7.98. The molecule has 0 aliphatic carbocycles. The lowest BCUT2D eigenvalue weighted by Crippen LogP contribution is -2.58. The number of hydrogen-bond acceptors (Lipinski definition) is 9. The first kappa shape index (κ1) is 31.2. The number of thioether (sulfide) groups is 1. The summed E-state index contributed by atoms with van der Waals surface area (Å²) >= 11 is 1.36. The van der Waals surface area contributed by atoms with Crippen LogP contribution in [0.3, 0.4) is 0 Å². The number of rotatable bonds is 16. The Hall–Kier alpha value is -3.85. The van der Waals surface area contributed by atoms with Gasteiger partial charge in [0.2, 0.25) is 23.6 Å². The molecular formula is C22H31N5O9S.